The fraction of sp³-hybridized carbons (Fsp3) is 0. The number of rotatable bonds is 2. The van der Waals surface area contributed by atoms with E-state index in [-0.39, 0.29) is 5.69 Å². The SMILES string of the molecule is O=[N+]([O-])c1ccc([B]O)cc1. The molecule has 0 aliphatic heterocycles. The van der Waals surface area contributed by atoms with Crippen LogP contribution in [0.1, 0.15) is 0 Å². The summed E-state index contributed by atoms with van der Waals surface area (Å²) in [7, 11) is 0.893. The van der Waals surface area contributed by atoms with E-state index >= 15 is 0 Å². The smallest absolute Gasteiger partial charge is 0.326 e. The highest BCUT2D eigenvalue weighted by atomic mass is 16.6. The quantitative estimate of drug-likeness (QED) is 0.361. The van der Waals surface area contributed by atoms with Gasteiger partial charge in [-0.25, -0.2) is 0 Å². The number of benzene rings is 1. The normalized spacial score (nSPS) is 9.18. The summed E-state index contributed by atoms with van der Waals surface area (Å²) in [5, 5.41) is 18.6. The van der Waals surface area contributed by atoms with Gasteiger partial charge in [0.05, 0.1) is 4.92 Å². The van der Waals surface area contributed by atoms with Crippen molar-refractivity contribution in [3.63, 3.8) is 0 Å². The van der Waals surface area contributed by atoms with Crippen molar-refractivity contribution in [2.24, 2.45) is 0 Å². The Balaban J connectivity index is 2.91. The molecule has 1 radical (unpaired) electrons. The molecule has 0 bridgehead atoms. The largest absolute Gasteiger partial charge is 0.450 e. The molecule has 0 saturated carbocycles. The van der Waals surface area contributed by atoms with Gasteiger partial charge in [0.25, 0.3) is 5.69 Å². The van der Waals surface area contributed by atoms with Crippen LogP contribution in [-0.2, 0) is 0 Å². The van der Waals surface area contributed by atoms with Crippen molar-refractivity contribution in [1.29, 1.82) is 0 Å². The lowest BCUT2D eigenvalue weighted by Gasteiger charge is -1.92. The van der Waals surface area contributed by atoms with Crippen LogP contribution < -0.4 is 5.46 Å². The minimum Gasteiger partial charge on any atom is -0.450 e. The first-order chi connectivity index (χ1) is 5.24. The molecule has 55 valence electrons. The lowest BCUT2D eigenvalue weighted by atomic mass is 9.89. The standard InChI is InChI=1S/C6H5BNO3/c9-7-5-1-3-6(4-2-5)8(10)11/h1-4,9H. The van der Waals surface area contributed by atoms with Crippen molar-refractivity contribution >= 4 is 18.6 Å². The van der Waals surface area contributed by atoms with Gasteiger partial charge in [0, 0.05) is 12.1 Å². The molecular weight excluding hydrogens is 145 g/mol. The van der Waals surface area contributed by atoms with Crippen LogP contribution in [0.25, 0.3) is 0 Å². The maximum absolute atomic E-state index is 10.1. The van der Waals surface area contributed by atoms with Gasteiger partial charge in [0.2, 0.25) is 0 Å². The first-order valence-electron chi connectivity index (χ1n) is 2.96. The fourth-order valence-electron chi connectivity index (χ4n) is 0.682. The van der Waals surface area contributed by atoms with E-state index in [0.717, 1.165) is 7.48 Å². The molecule has 0 atom stereocenters. The van der Waals surface area contributed by atoms with Gasteiger partial charge in [0.15, 0.2) is 0 Å². The fourth-order valence-corrected chi connectivity index (χ4v) is 0.682. The molecule has 1 aromatic rings. The van der Waals surface area contributed by atoms with Crippen molar-refractivity contribution in [3.05, 3.63) is 34.4 Å². The highest BCUT2D eigenvalue weighted by Crippen LogP contribution is 2.05. The number of nitro benzene ring substituents is 1. The van der Waals surface area contributed by atoms with E-state index in [1.54, 1.807) is 0 Å². The molecule has 4 nitrogen and oxygen atoms in total. The van der Waals surface area contributed by atoms with Crippen LogP contribution >= 0.6 is 0 Å². The summed E-state index contributed by atoms with van der Waals surface area (Å²) in [6, 6.07) is 5.61. The topological polar surface area (TPSA) is 63.4 Å². The highest BCUT2D eigenvalue weighted by Gasteiger charge is 2.02. The number of hydrogen-bond acceptors (Lipinski definition) is 3. The van der Waals surface area contributed by atoms with Gasteiger partial charge >= 0.3 is 7.48 Å². The van der Waals surface area contributed by atoms with Gasteiger partial charge in [-0.1, -0.05) is 17.6 Å². The molecule has 0 spiro atoms. The lowest BCUT2D eigenvalue weighted by molar-refractivity contribution is -0.384. The Morgan fingerprint density at radius 3 is 2.27 bits per heavy atom. The van der Waals surface area contributed by atoms with Crippen molar-refractivity contribution in [2.75, 3.05) is 0 Å². The minimum absolute atomic E-state index is 0.0237. The molecule has 1 N–H and O–H groups in total. The van der Waals surface area contributed by atoms with Crippen LogP contribution in [0.3, 0.4) is 0 Å². The van der Waals surface area contributed by atoms with E-state index in [4.69, 9.17) is 5.02 Å². The minimum atomic E-state index is -0.485. The Morgan fingerprint density at radius 1 is 1.36 bits per heavy atom. The second-order valence-corrected chi connectivity index (χ2v) is 1.98. The number of nitro groups is 1. The van der Waals surface area contributed by atoms with E-state index in [0.29, 0.717) is 5.46 Å². The predicted molar refractivity (Wildman–Crippen MR) is 40.7 cm³/mol. The zero-order valence-corrected chi connectivity index (χ0v) is 5.60. The van der Waals surface area contributed by atoms with Crippen molar-refractivity contribution in [3.8, 4) is 0 Å². The van der Waals surface area contributed by atoms with Crippen LogP contribution in [0, 0.1) is 10.1 Å². The summed E-state index contributed by atoms with van der Waals surface area (Å²) in [6.45, 7) is 0. The van der Waals surface area contributed by atoms with Crippen LogP contribution in [0.2, 0.25) is 0 Å². The Morgan fingerprint density at radius 2 is 1.91 bits per heavy atom. The van der Waals surface area contributed by atoms with E-state index in [9.17, 15) is 10.1 Å². The van der Waals surface area contributed by atoms with Gasteiger partial charge in [-0.2, -0.15) is 0 Å². The van der Waals surface area contributed by atoms with Crippen LogP contribution in [0.15, 0.2) is 24.3 Å². The second kappa shape index (κ2) is 3.16. The molecule has 0 amide bonds. The van der Waals surface area contributed by atoms with Gasteiger partial charge < -0.3 is 5.02 Å². The van der Waals surface area contributed by atoms with Gasteiger partial charge in [-0.3, -0.25) is 10.1 Å². The third-order valence-corrected chi connectivity index (χ3v) is 1.25. The summed E-state index contributed by atoms with van der Waals surface area (Å²) >= 11 is 0. The Kier molecular flexibility index (Phi) is 2.23. The average molecular weight is 150 g/mol. The molecule has 0 unspecified atom stereocenters. The molecule has 1 aromatic carbocycles. The lowest BCUT2D eigenvalue weighted by Crippen LogP contribution is -2.12. The van der Waals surface area contributed by atoms with Crippen molar-refractivity contribution in [1.82, 2.24) is 0 Å². The summed E-state index contributed by atoms with van der Waals surface area (Å²) in [4.78, 5) is 9.65. The first-order valence-corrected chi connectivity index (χ1v) is 2.96. The Labute approximate surface area is 63.9 Å². The maximum Gasteiger partial charge on any atom is 0.326 e. The molecule has 1 rings (SSSR count). The summed E-state index contributed by atoms with van der Waals surface area (Å²) in [5.74, 6) is 0. The highest BCUT2D eigenvalue weighted by molar-refractivity contribution is 6.45. The van der Waals surface area contributed by atoms with Crippen LogP contribution in [0.4, 0.5) is 5.69 Å². The predicted octanol–water partition coefficient (Wildman–Crippen LogP) is -0.168. The zero-order chi connectivity index (χ0) is 8.27. The maximum atomic E-state index is 10.1. The molecule has 0 aliphatic rings. The second-order valence-electron chi connectivity index (χ2n) is 1.98. The molecule has 0 fully saturated rings. The number of nitrogens with zero attached hydrogens (tertiary/aromatic N) is 1. The zero-order valence-electron chi connectivity index (χ0n) is 5.60. The van der Waals surface area contributed by atoms with Crippen LogP contribution in [0.5, 0.6) is 0 Å². The molecule has 5 heteroatoms. The van der Waals surface area contributed by atoms with E-state index in [2.05, 4.69) is 0 Å². The van der Waals surface area contributed by atoms with Crippen molar-refractivity contribution < 1.29 is 9.95 Å². The number of hydrogen-bond donors (Lipinski definition) is 1. The Hall–Kier alpha value is -1.36. The molecule has 0 saturated heterocycles. The average Bonchev–Trinajstić information content (AvgIpc) is 2.05. The third-order valence-electron chi connectivity index (χ3n) is 1.25. The van der Waals surface area contributed by atoms with Crippen LogP contribution in [-0.4, -0.2) is 17.4 Å². The van der Waals surface area contributed by atoms with E-state index in [1.807, 2.05) is 0 Å². The van der Waals surface area contributed by atoms with Gasteiger partial charge in [-0.15, -0.1) is 0 Å². The van der Waals surface area contributed by atoms with Gasteiger partial charge in [-0.05, 0) is 0 Å². The molecule has 11 heavy (non-hydrogen) atoms. The molecular formula is C6H5BNO3. The number of non-ortho nitro benzene ring substituents is 1. The van der Waals surface area contributed by atoms with E-state index < -0.39 is 4.92 Å². The Bertz CT molecular complexity index is 259. The van der Waals surface area contributed by atoms with E-state index in [1.165, 1.54) is 24.3 Å². The monoisotopic (exact) mass is 150 g/mol. The summed E-state index contributed by atoms with van der Waals surface area (Å²) in [6.07, 6.45) is 0. The molecule has 0 aliphatic carbocycles. The summed E-state index contributed by atoms with van der Waals surface area (Å²) < 4.78 is 0. The van der Waals surface area contributed by atoms with Gasteiger partial charge in [0.1, 0.15) is 0 Å². The summed E-state index contributed by atoms with van der Waals surface area (Å²) in [5.41, 5.74) is 0.575. The third kappa shape index (κ3) is 1.78. The molecule has 0 aromatic heterocycles. The molecule has 0 heterocycles. The van der Waals surface area contributed by atoms with Crippen molar-refractivity contribution in [2.45, 2.75) is 0 Å². The first kappa shape index (κ1) is 7.75.